The Hall–Kier alpha value is -3.29. The third-order valence-electron chi connectivity index (χ3n) is 3.89. The molecule has 2 aromatic rings. The first-order valence-corrected chi connectivity index (χ1v) is 7.49. The Balaban J connectivity index is 1.69. The van der Waals surface area contributed by atoms with Crippen LogP contribution < -0.4 is 10.2 Å². The van der Waals surface area contributed by atoms with Gasteiger partial charge in [0.05, 0.1) is 23.4 Å². The zero-order valence-electron chi connectivity index (χ0n) is 13.0. The SMILES string of the molecule is O=C(O)c1cncc(NC(=O)C2CC(=O)N(c3ccc(F)cc3)C2)c1. The number of carbonyl (C=O) groups excluding carboxylic acids is 2. The van der Waals surface area contributed by atoms with Gasteiger partial charge in [0.1, 0.15) is 5.82 Å². The highest BCUT2D eigenvalue weighted by Crippen LogP contribution is 2.26. The lowest BCUT2D eigenvalue weighted by molar-refractivity contribution is -0.122. The summed E-state index contributed by atoms with van der Waals surface area (Å²) in [6, 6.07) is 6.75. The van der Waals surface area contributed by atoms with Crippen molar-refractivity contribution in [2.45, 2.75) is 6.42 Å². The first-order valence-electron chi connectivity index (χ1n) is 7.49. The van der Waals surface area contributed by atoms with Crippen LogP contribution in [0.2, 0.25) is 0 Å². The van der Waals surface area contributed by atoms with Gasteiger partial charge in [0.2, 0.25) is 11.8 Å². The van der Waals surface area contributed by atoms with Gasteiger partial charge in [-0.2, -0.15) is 0 Å². The summed E-state index contributed by atoms with van der Waals surface area (Å²) in [4.78, 5) is 40.6. The van der Waals surface area contributed by atoms with Crippen molar-refractivity contribution in [1.82, 2.24) is 4.98 Å². The van der Waals surface area contributed by atoms with Crippen LogP contribution in [-0.2, 0) is 9.59 Å². The number of aromatic carboxylic acids is 1. The fourth-order valence-corrected chi connectivity index (χ4v) is 2.62. The maximum Gasteiger partial charge on any atom is 0.337 e. The van der Waals surface area contributed by atoms with Crippen molar-refractivity contribution in [2.24, 2.45) is 5.92 Å². The number of rotatable bonds is 4. The van der Waals surface area contributed by atoms with Gasteiger partial charge in [-0.3, -0.25) is 14.6 Å². The Morgan fingerprint density at radius 2 is 1.96 bits per heavy atom. The molecule has 1 atom stereocenters. The standard InChI is InChI=1S/C17H14FN3O4/c18-12-1-3-14(4-2-12)21-9-11(6-15(21)22)16(23)20-13-5-10(17(24)25)7-19-8-13/h1-5,7-8,11H,6,9H2,(H,20,23)(H,24,25). The second kappa shape index (κ2) is 6.68. The number of nitrogens with one attached hydrogen (secondary N) is 1. The minimum absolute atomic E-state index is 0.0231. The topological polar surface area (TPSA) is 99.6 Å². The van der Waals surface area contributed by atoms with E-state index in [1.165, 1.54) is 47.6 Å². The van der Waals surface area contributed by atoms with E-state index in [-0.39, 0.29) is 30.1 Å². The molecule has 1 aromatic heterocycles. The second-order valence-electron chi connectivity index (χ2n) is 5.64. The van der Waals surface area contributed by atoms with E-state index in [0.29, 0.717) is 5.69 Å². The van der Waals surface area contributed by atoms with Crippen LogP contribution in [0.3, 0.4) is 0 Å². The molecule has 7 nitrogen and oxygen atoms in total. The smallest absolute Gasteiger partial charge is 0.337 e. The molecule has 8 heteroatoms. The van der Waals surface area contributed by atoms with Crippen molar-refractivity contribution in [1.29, 1.82) is 0 Å². The molecule has 2 amide bonds. The molecule has 128 valence electrons. The van der Waals surface area contributed by atoms with Gasteiger partial charge < -0.3 is 15.3 Å². The van der Waals surface area contributed by atoms with Gasteiger partial charge in [-0.25, -0.2) is 9.18 Å². The van der Waals surface area contributed by atoms with Crippen molar-refractivity contribution >= 4 is 29.2 Å². The molecule has 2 heterocycles. The number of carbonyl (C=O) groups is 3. The third kappa shape index (κ3) is 3.63. The van der Waals surface area contributed by atoms with E-state index in [1.54, 1.807) is 0 Å². The van der Waals surface area contributed by atoms with Gasteiger partial charge in [-0.1, -0.05) is 0 Å². The average molecular weight is 343 g/mol. The number of aromatic nitrogens is 1. The fraction of sp³-hybridized carbons (Fsp3) is 0.176. The third-order valence-corrected chi connectivity index (χ3v) is 3.89. The Morgan fingerprint density at radius 3 is 2.64 bits per heavy atom. The van der Waals surface area contributed by atoms with Gasteiger partial charge in [0.25, 0.3) is 0 Å². The molecule has 3 rings (SSSR count). The zero-order valence-corrected chi connectivity index (χ0v) is 13.0. The fourth-order valence-electron chi connectivity index (χ4n) is 2.62. The molecule has 1 aromatic carbocycles. The lowest BCUT2D eigenvalue weighted by Gasteiger charge is -2.16. The van der Waals surface area contributed by atoms with Gasteiger partial charge in [0.15, 0.2) is 0 Å². The molecule has 0 bridgehead atoms. The van der Waals surface area contributed by atoms with Crippen LogP contribution in [0.15, 0.2) is 42.7 Å². The molecule has 1 saturated heterocycles. The molecular formula is C17H14FN3O4. The van der Waals surface area contributed by atoms with Crippen LogP contribution in [0.5, 0.6) is 0 Å². The minimum atomic E-state index is -1.15. The molecule has 1 fully saturated rings. The summed E-state index contributed by atoms with van der Waals surface area (Å²) in [5.41, 5.74) is 0.724. The zero-order chi connectivity index (χ0) is 18.0. The number of carboxylic acids is 1. The Morgan fingerprint density at radius 1 is 1.24 bits per heavy atom. The van der Waals surface area contributed by atoms with E-state index >= 15 is 0 Å². The van der Waals surface area contributed by atoms with Crippen LogP contribution in [0, 0.1) is 11.7 Å². The first-order chi connectivity index (χ1) is 11.9. The Bertz CT molecular complexity index is 838. The summed E-state index contributed by atoms with van der Waals surface area (Å²) in [5, 5.41) is 11.5. The number of hydrogen-bond donors (Lipinski definition) is 2. The summed E-state index contributed by atoms with van der Waals surface area (Å²) in [6.07, 6.45) is 2.53. The molecule has 0 radical (unpaired) electrons. The van der Waals surface area contributed by atoms with E-state index in [2.05, 4.69) is 10.3 Å². The number of pyridine rings is 1. The quantitative estimate of drug-likeness (QED) is 0.883. The molecular weight excluding hydrogens is 329 g/mol. The van der Waals surface area contributed by atoms with E-state index < -0.39 is 23.6 Å². The molecule has 1 aliphatic heterocycles. The number of carboxylic acid groups (broad SMARTS) is 1. The predicted molar refractivity (Wildman–Crippen MR) is 86.7 cm³/mol. The van der Waals surface area contributed by atoms with Gasteiger partial charge in [-0.05, 0) is 30.3 Å². The normalized spacial score (nSPS) is 16.8. The van der Waals surface area contributed by atoms with Crippen LogP contribution in [-0.4, -0.2) is 34.4 Å². The number of amides is 2. The predicted octanol–water partition coefficient (Wildman–Crippen LogP) is 1.91. The summed E-state index contributed by atoms with van der Waals surface area (Å²) in [6.45, 7) is 0.169. The van der Waals surface area contributed by atoms with Crippen molar-refractivity contribution in [2.75, 3.05) is 16.8 Å². The maximum atomic E-state index is 13.0. The van der Waals surface area contributed by atoms with E-state index in [4.69, 9.17) is 5.11 Å². The van der Waals surface area contributed by atoms with Crippen LogP contribution >= 0.6 is 0 Å². The number of anilines is 2. The number of nitrogens with zero attached hydrogens (tertiary/aromatic N) is 2. The average Bonchev–Trinajstić information content (AvgIpc) is 2.98. The van der Waals surface area contributed by atoms with Crippen molar-refractivity contribution in [3.8, 4) is 0 Å². The monoisotopic (exact) mass is 343 g/mol. The minimum Gasteiger partial charge on any atom is -0.478 e. The largest absolute Gasteiger partial charge is 0.478 e. The highest BCUT2D eigenvalue weighted by Gasteiger charge is 2.35. The number of hydrogen-bond acceptors (Lipinski definition) is 4. The molecule has 1 unspecified atom stereocenters. The van der Waals surface area contributed by atoms with E-state index in [1.807, 2.05) is 0 Å². The van der Waals surface area contributed by atoms with Crippen LogP contribution in [0.4, 0.5) is 15.8 Å². The molecule has 2 N–H and O–H groups in total. The van der Waals surface area contributed by atoms with Crippen molar-refractivity contribution in [3.05, 3.63) is 54.1 Å². The van der Waals surface area contributed by atoms with Crippen LogP contribution in [0.25, 0.3) is 0 Å². The van der Waals surface area contributed by atoms with E-state index in [0.717, 1.165) is 0 Å². The Labute approximate surface area is 142 Å². The Kier molecular flexibility index (Phi) is 4.42. The second-order valence-corrected chi connectivity index (χ2v) is 5.64. The highest BCUT2D eigenvalue weighted by atomic mass is 19.1. The van der Waals surface area contributed by atoms with Gasteiger partial charge in [0, 0.05) is 24.8 Å². The maximum absolute atomic E-state index is 13.0. The van der Waals surface area contributed by atoms with Crippen molar-refractivity contribution < 1.29 is 23.9 Å². The summed E-state index contributed by atoms with van der Waals surface area (Å²) >= 11 is 0. The molecule has 25 heavy (non-hydrogen) atoms. The summed E-state index contributed by atoms with van der Waals surface area (Å²) < 4.78 is 13.0. The number of halogens is 1. The number of benzene rings is 1. The van der Waals surface area contributed by atoms with Gasteiger partial charge >= 0.3 is 5.97 Å². The molecule has 1 aliphatic rings. The molecule has 0 spiro atoms. The van der Waals surface area contributed by atoms with Crippen LogP contribution in [0.1, 0.15) is 16.8 Å². The molecule has 0 saturated carbocycles. The van der Waals surface area contributed by atoms with Crippen molar-refractivity contribution in [3.63, 3.8) is 0 Å². The summed E-state index contributed by atoms with van der Waals surface area (Å²) in [7, 11) is 0. The van der Waals surface area contributed by atoms with E-state index in [9.17, 15) is 18.8 Å². The first kappa shape index (κ1) is 16.6. The highest BCUT2D eigenvalue weighted by molar-refractivity contribution is 6.03. The lowest BCUT2D eigenvalue weighted by atomic mass is 10.1. The lowest BCUT2D eigenvalue weighted by Crippen LogP contribution is -2.28. The summed E-state index contributed by atoms with van der Waals surface area (Å²) in [5.74, 6) is -2.78. The molecule has 0 aliphatic carbocycles. The van der Waals surface area contributed by atoms with Gasteiger partial charge in [-0.15, -0.1) is 0 Å².